The van der Waals surface area contributed by atoms with Crippen LogP contribution in [0.2, 0.25) is 0 Å². The van der Waals surface area contributed by atoms with Crippen LogP contribution >= 0.6 is 0 Å². The molecule has 0 fully saturated rings. The van der Waals surface area contributed by atoms with Crippen LogP contribution in [-0.4, -0.2) is 45.8 Å². The Kier molecular flexibility index (Phi) is 8960. The van der Waals surface area contributed by atoms with Crippen molar-refractivity contribution in [3.63, 3.8) is 0 Å². The fourth-order valence-electron chi connectivity index (χ4n) is 0. The third kappa shape index (κ3) is 79.2. The Morgan fingerprint density at radius 1 is 0.400 bits per heavy atom. The Morgan fingerprint density at radius 2 is 0.400 bits per heavy atom. The van der Waals surface area contributed by atoms with E-state index >= 15 is 0 Å². The third-order valence-electron chi connectivity index (χ3n) is 0. The van der Waals surface area contributed by atoms with Crippen molar-refractivity contribution >= 4 is 23.9 Å². The summed E-state index contributed by atoms with van der Waals surface area (Å²) in [5.41, 5.74) is 0. The molecular formula is H10O4Sn. The van der Waals surface area contributed by atoms with Gasteiger partial charge in [-0.2, -0.15) is 0 Å². The molecule has 0 aromatic heterocycles. The van der Waals surface area contributed by atoms with Gasteiger partial charge in [0.2, 0.25) is 0 Å². The standard InChI is InChI=1S/4H2O.Sn.2H/h4*1H2;;;. The van der Waals surface area contributed by atoms with E-state index in [0.717, 1.165) is 0 Å². The maximum absolute atomic E-state index is 0. The first-order valence-electron chi connectivity index (χ1n) is 0. The average Bonchev–Trinajstić information content (AvgIpc) is 0. The van der Waals surface area contributed by atoms with Crippen molar-refractivity contribution in [1.29, 1.82) is 0 Å². The second-order valence-electron chi connectivity index (χ2n) is 0. The van der Waals surface area contributed by atoms with Crippen molar-refractivity contribution in [3.05, 3.63) is 0 Å². The molecule has 0 unspecified atom stereocenters. The fraction of sp³-hybridized carbons (Fsp3) is 0. The summed E-state index contributed by atoms with van der Waals surface area (Å²) >= 11 is 0. The molecule has 0 saturated heterocycles. The molecule has 0 heterocycles. The predicted octanol–water partition coefficient (Wildman–Crippen LogP) is -4.21. The summed E-state index contributed by atoms with van der Waals surface area (Å²) in [7, 11) is 0. The summed E-state index contributed by atoms with van der Waals surface area (Å²) < 4.78 is 0. The maximum atomic E-state index is 0. The minimum absolute atomic E-state index is 0. The van der Waals surface area contributed by atoms with Crippen molar-refractivity contribution in [2.45, 2.75) is 0 Å². The van der Waals surface area contributed by atoms with Gasteiger partial charge in [-0.1, -0.05) is 0 Å². The first-order valence-corrected chi connectivity index (χ1v) is 0. The molecule has 4 nitrogen and oxygen atoms in total. The molecule has 0 amide bonds. The van der Waals surface area contributed by atoms with Crippen LogP contribution in [0.15, 0.2) is 0 Å². The molecule has 0 spiro atoms. The summed E-state index contributed by atoms with van der Waals surface area (Å²) in [4.78, 5) is 0. The Bertz CT molecular complexity index is 3.61. The Morgan fingerprint density at radius 3 is 0.400 bits per heavy atom. The van der Waals surface area contributed by atoms with Crippen molar-refractivity contribution < 1.29 is 21.9 Å². The van der Waals surface area contributed by atoms with Gasteiger partial charge in [-0.15, -0.1) is 0 Å². The van der Waals surface area contributed by atoms with Crippen LogP contribution in [0.5, 0.6) is 0 Å². The molecule has 0 atom stereocenters. The van der Waals surface area contributed by atoms with Gasteiger partial charge in [0.1, 0.15) is 0 Å². The minimum atomic E-state index is 0. The van der Waals surface area contributed by atoms with E-state index in [-0.39, 0.29) is 45.8 Å². The summed E-state index contributed by atoms with van der Waals surface area (Å²) in [6, 6.07) is 0. The Hall–Kier alpha value is 0.639. The van der Waals surface area contributed by atoms with E-state index in [4.69, 9.17) is 0 Å². The average molecular weight is 193 g/mol. The van der Waals surface area contributed by atoms with E-state index in [1.165, 1.54) is 0 Å². The second-order valence-corrected chi connectivity index (χ2v) is 0. The molecule has 0 aliphatic rings. The van der Waals surface area contributed by atoms with Crippen molar-refractivity contribution in [3.8, 4) is 0 Å². The summed E-state index contributed by atoms with van der Waals surface area (Å²) in [6.45, 7) is 0. The van der Waals surface area contributed by atoms with Gasteiger partial charge in [-0.25, -0.2) is 0 Å². The topological polar surface area (TPSA) is 126 Å². The molecular weight excluding hydrogens is 183 g/mol. The van der Waals surface area contributed by atoms with Crippen molar-refractivity contribution in [2.24, 2.45) is 0 Å². The molecule has 0 aliphatic carbocycles. The van der Waals surface area contributed by atoms with Crippen LogP contribution < -0.4 is 0 Å². The SMILES string of the molecule is O.O.O.O.[SnH2]. The zero-order valence-corrected chi connectivity index (χ0v) is 6.74. The van der Waals surface area contributed by atoms with Crippen LogP contribution in [0, 0.1) is 0 Å². The number of hydrogen-bond donors (Lipinski definition) is 0. The van der Waals surface area contributed by atoms with Gasteiger partial charge < -0.3 is 21.9 Å². The van der Waals surface area contributed by atoms with E-state index in [1.807, 2.05) is 0 Å². The first-order chi connectivity index (χ1) is 0. The van der Waals surface area contributed by atoms with Crippen LogP contribution in [0.4, 0.5) is 0 Å². The van der Waals surface area contributed by atoms with Crippen molar-refractivity contribution in [1.82, 2.24) is 0 Å². The monoisotopic (exact) mass is 194 g/mol. The van der Waals surface area contributed by atoms with Gasteiger partial charge in [-0.3, -0.25) is 0 Å². The summed E-state index contributed by atoms with van der Waals surface area (Å²) in [5, 5.41) is 0. The van der Waals surface area contributed by atoms with E-state index in [9.17, 15) is 0 Å². The zero-order chi connectivity index (χ0) is 0. The molecule has 8 N–H and O–H groups in total. The van der Waals surface area contributed by atoms with Gasteiger partial charge in [0.05, 0.1) is 0 Å². The third-order valence-corrected chi connectivity index (χ3v) is 0. The van der Waals surface area contributed by atoms with Gasteiger partial charge in [-0.05, 0) is 0 Å². The quantitative estimate of drug-likeness (QED) is 0.345. The molecule has 0 saturated carbocycles. The zero-order valence-electron chi connectivity index (χ0n) is 2.71. The molecule has 0 aliphatic heterocycles. The molecule has 2 radical (unpaired) electrons. The molecule has 5 heteroatoms. The molecule has 0 aromatic carbocycles. The Balaban J connectivity index is 0. The normalized spacial score (nSPS) is 0. The van der Waals surface area contributed by atoms with E-state index in [2.05, 4.69) is 0 Å². The number of rotatable bonds is 0. The van der Waals surface area contributed by atoms with Crippen LogP contribution in [-0.2, 0) is 0 Å². The second kappa shape index (κ2) is 151. The van der Waals surface area contributed by atoms with Crippen LogP contribution in [0.25, 0.3) is 0 Å². The van der Waals surface area contributed by atoms with E-state index in [1.54, 1.807) is 0 Å². The Labute approximate surface area is 46.4 Å². The number of hydrogen-bond acceptors (Lipinski definition) is 0. The molecule has 0 rings (SSSR count). The first kappa shape index (κ1) is 297. The van der Waals surface area contributed by atoms with E-state index < -0.39 is 0 Å². The van der Waals surface area contributed by atoms with Gasteiger partial charge in [0.15, 0.2) is 0 Å². The van der Waals surface area contributed by atoms with Gasteiger partial charge in [0, 0.05) is 0 Å². The van der Waals surface area contributed by atoms with Crippen LogP contribution in [0.1, 0.15) is 0 Å². The summed E-state index contributed by atoms with van der Waals surface area (Å²) in [5.74, 6) is 0. The molecule has 0 aromatic rings. The fourth-order valence-corrected chi connectivity index (χ4v) is 0. The van der Waals surface area contributed by atoms with Crippen molar-refractivity contribution in [2.75, 3.05) is 0 Å². The van der Waals surface area contributed by atoms with E-state index in [0.29, 0.717) is 0 Å². The summed E-state index contributed by atoms with van der Waals surface area (Å²) in [6.07, 6.45) is 0. The molecule has 38 valence electrons. The predicted molar refractivity (Wildman–Crippen MR) is 23.0 cm³/mol. The molecule has 0 bridgehead atoms. The van der Waals surface area contributed by atoms with Gasteiger partial charge in [0.25, 0.3) is 0 Å². The van der Waals surface area contributed by atoms with Crippen LogP contribution in [0.3, 0.4) is 0 Å². The van der Waals surface area contributed by atoms with Gasteiger partial charge >= 0.3 is 23.9 Å². The molecule has 5 heavy (non-hydrogen) atoms.